The fourth-order valence-electron chi connectivity index (χ4n) is 2.79. The zero-order valence-electron chi connectivity index (χ0n) is 10.8. The maximum Gasteiger partial charge on any atom is 0.371 e. The van der Waals surface area contributed by atoms with Crippen LogP contribution in [0, 0.1) is 11.8 Å². The summed E-state index contributed by atoms with van der Waals surface area (Å²) in [4.78, 5) is 10.8. The zero-order valence-corrected chi connectivity index (χ0v) is 10.8. The van der Waals surface area contributed by atoms with Crippen LogP contribution in [0.25, 0.3) is 0 Å². The van der Waals surface area contributed by atoms with Gasteiger partial charge < -0.3 is 14.6 Å². The first-order chi connectivity index (χ1) is 8.42. The van der Waals surface area contributed by atoms with Gasteiger partial charge in [0.2, 0.25) is 5.76 Å². The molecule has 1 aliphatic carbocycles. The van der Waals surface area contributed by atoms with Gasteiger partial charge in [0.05, 0.1) is 0 Å². The molecule has 1 aromatic heterocycles. The van der Waals surface area contributed by atoms with Crippen molar-refractivity contribution in [2.45, 2.75) is 45.1 Å². The first-order valence-electron chi connectivity index (χ1n) is 6.48. The standard InChI is InChI=1S/C14H20O4/c1-9(2)10-4-3-7-14(17,8-10)12-6-5-11(18-12)13(15)16/h5-6,9-10,17H,3-4,7-8H2,1-2H3,(H,15,16). The van der Waals surface area contributed by atoms with Crippen LogP contribution in [0.4, 0.5) is 0 Å². The number of furan rings is 1. The van der Waals surface area contributed by atoms with Crippen LogP contribution in [-0.2, 0) is 5.60 Å². The Hall–Kier alpha value is -1.29. The molecule has 1 saturated carbocycles. The molecular weight excluding hydrogens is 232 g/mol. The van der Waals surface area contributed by atoms with Gasteiger partial charge in [-0.2, -0.15) is 0 Å². The summed E-state index contributed by atoms with van der Waals surface area (Å²) in [5.74, 6) is 0.171. The largest absolute Gasteiger partial charge is 0.475 e. The van der Waals surface area contributed by atoms with Gasteiger partial charge in [-0.1, -0.05) is 13.8 Å². The molecule has 1 aromatic rings. The number of carboxylic acids is 1. The normalized spacial score (nSPS) is 28.6. The van der Waals surface area contributed by atoms with Crippen molar-refractivity contribution in [2.24, 2.45) is 11.8 Å². The summed E-state index contributed by atoms with van der Waals surface area (Å²) in [5.41, 5.74) is -0.999. The first-order valence-corrected chi connectivity index (χ1v) is 6.48. The second kappa shape index (κ2) is 4.76. The molecule has 0 aliphatic heterocycles. The lowest BCUT2D eigenvalue weighted by Crippen LogP contribution is -2.34. The molecule has 0 saturated heterocycles. The van der Waals surface area contributed by atoms with E-state index in [0.29, 0.717) is 30.4 Å². The van der Waals surface area contributed by atoms with Crippen molar-refractivity contribution in [3.8, 4) is 0 Å². The van der Waals surface area contributed by atoms with E-state index >= 15 is 0 Å². The van der Waals surface area contributed by atoms with E-state index in [1.807, 2.05) is 0 Å². The fourth-order valence-corrected chi connectivity index (χ4v) is 2.79. The monoisotopic (exact) mass is 252 g/mol. The minimum Gasteiger partial charge on any atom is -0.475 e. The van der Waals surface area contributed by atoms with E-state index in [4.69, 9.17) is 9.52 Å². The molecular formula is C14H20O4. The maximum atomic E-state index is 10.8. The molecule has 4 heteroatoms. The Morgan fingerprint density at radius 2 is 2.22 bits per heavy atom. The smallest absolute Gasteiger partial charge is 0.371 e. The summed E-state index contributed by atoms with van der Waals surface area (Å²) in [6, 6.07) is 3.00. The molecule has 1 heterocycles. The molecule has 2 unspecified atom stereocenters. The van der Waals surface area contributed by atoms with E-state index < -0.39 is 11.6 Å². The highest BCUT2D eigenvalue weighted by Crippen LogP contribution is 2.42. The predicted molar refractivity (Wildman–Crippen MR) is 66.4 cm³/mol. The summed E-state index contributed by atoms with van der Waals surface area (Å²) in [7, 11) is 0. The molecule has 1 aliphatic rings. The van der Waals surface area contributed by atoms with E-state index in [1.54, 1.807) is 6.07 Å². The highest BCUT2D eigenvalue weighted by molar-refractivity contribution is 5.84. The van der Waals surface area contributed by atoms with Crippen molar-refractivity contribution in [1.29, 1.82) is 0 Å². The maximum absolute atomic E-state index is 10.8. The molecule has 1 fully saturated rings. The van der Waals surface area contributed by atoms with E-state index in [2.05, 4.69) is 13.8 Å². The molecule has 2 rings (SSSR count). The van der Waals surface area contributed by atoms with Gasteiger partial charge in [-0.05, 0) is 49.7 Å². The zero-order chi connectivity index (χ0) is 13.3. The minimum absolute atomic E-state index is 0.106. The van der Waals surface area contributed by atoms with E-state index in [-0.39, 0.29) is 5.76 Å². The Morgan fingerprint density at radius 3 is 2.78 bits per heavy atom. The van der Waals surface area contributed by atoms with Crippen LogP contribution in [0.15, 0.2) is 16.5 Å². The Balaban J connectivity index is 2.21. The van der Waals surface area contributed by atoms with Gasteiger partial charge in [0.1, 0.15) is 11.4 Å². The highest BCUT2D eigenvalue weighted by Gasteiger charge is 2.39. The third kappa shape index (κ3) is 2.43. The van der Waals surface area contributed by atoms with Crippen molar-refractivity contribution >= 4 is 5.97 Å². The highest BCUT2D eigenvalue weighted by atomic mass is 16.4. The number of aliphatic hydroxyl groups is 1. The van der Waals surface area contributed by atoms with Crippen LogP contribution in [0.1, 0.15) is 55.8 Å². The summed E-state index contributed by atoms with van der Waals surface area (Å²) in [5, 5.41) is 19.5. The Morgan fingerprint density at radius 1 is 1.50 bits per heavy atom. The Bertz CT molecular complexity index is 435. The number of carboxylic acid groups (broad SMARTS) is 1. The van der Waals surface area contributed by atoms with Gasteiger partial charge in [0.15, 0.2) is 0 Å². The SMILES string of the molecule is CC(C)C1CCCC(O)(c2ccc(C(=O)O)o2)C1. The molecule has 18 heavy (non-hydrogen) atoms. The summed E-state index contributed by atoms with van der Waals surface area (Å²) >= 11 is 0. The number of carbonyl (C=O) groups is 1. The van der Waals surface area contributed by atoms with Crippen molar-refractivity contribution in [3.63, 3.8) is 0 Å². The van der Waals surface area contributed by atoms with Crippen LogP contribution in [0.5, 0.6) is 0 Å². The summed E-state index contributed by atoms with van der Waals surface area (Å²) in [6.45, 7) is 4.31. The number of rotatable bonds is 3. The third-order valence-electron chi connectivity index (χ3n) is 3.98. The van der Waals surface area contributed by atoms with Crippen LogP contribution in [0.2, 0.25) is 0 Å². The lowest BCUT2D eigenvalue weighted by atomic mass is 9.73. The summed E-state index contributed by atoms with van der Waals surface area (Å²) < 4.78 is 5.27. The Labute approximate surface area is 107 Å². The van der Waals surface area contributed by atoms with Crippen molar-refractivity contribution in [3.05, 3.63) is 23.7 Å². The van der Waals surface area contributed by atoms with Gasteiger partial charge in [0.25, 0.3) is 0 Å². The molecule has 0 bridgehead atoms. The average Bonchev–Trinajstić information content (AvgIpc) is 2.79. The van der Waals surface area contributed by atoms with E-state index in [1.165, 1.54) is 6.07 Å². The van der Waals surface area contributed by atoms with Gasteiger partial charge in [-0.15, -0.1) is 0 Å². The number of aromatic carboxylic acids is 1. The van der Waals surface area contributed by atoms with Crippen LogP contribution in [-0.4, -0.2) is 16.2 Å². The summed E-state index contributed by atoms with van der Waals surface area (Å²) in [6.07, 6.45) is 3.36. The van der Waals surface area contributed by atoms with Crippen molar-refractivity contribution in [2.75, 3.05) is 0 Å². The van der Waals surface area contributed by atoms with E-state index in [0.717, 1.165) is 12.8 Å². The molecule has 0 aromatic carbocycles. The average molecular weight is 252 g/mol. The van der Waals surface area contributed by atoms with Crippen LogP contribution >= 0.6 is 0 Å². The van der Waals surface area contributed by atoms with Gasteiger partial charge >= 0.3 is 5.97 Å². The molecule has 2 atom stereocenters. The van der Waals surface area contributed by atoms with Crippen molar-refractivity contribution in [1.82, 2.24) is 0 Å². The van der Waals surface area contributed by atoms with Crippen LogP contribution < -0.4 is 0 Å². The molecule has 4 nitrogen and oxygen atoms in total. The lowest BCUT2D eigenvalue weighted by Gasteiger charge is -2.37. The molecule has 0 spiro atoms. The topological polar surface area (TPSA) is 70.7 Å². The van der Waals surface area contributed by atoms with Crippen molar-refractivity contribution < 1.29 is 19.4 Å². The molecule has 2 N–H and O–H groups in total. The number of hydrogen-bond acceptors (Lipinski definition) is 3. The number of hydrogen-bond donors (Lipinski definition) is 2. The van der Waals surface area contributed by atoms with Gasteiger partial charge in [0, 0.05) is 0 Å². The lowest BCUT2D eigenvalue weighted by molar-refractivity contribution is -0.0465. The Kier molecular flexibility index (Phi) is 3.48. The molecule has 0 radical (unpaired) electrons. The van der Waals surface area contributed by atoms with E-state index in [9.17, 15) is 9.90 Å². The molecule has 0 amide bonds. The minimum atomic E-state index is -1.10. The second-order valence-corrected chi connectivity index (χ2v) is 5.60. The third-order valence-corrected chi connectivity index (χ3v) is 3.98. The second-order valence-electron chi connectivity index (χ2n) is 5.60. The van der Waals surface area contributed by atoms with Gasteiger partial charge in [-0.25, -0.2) is 4.79 Å². The predicted octanol–water partition coefficient (Wildman–Crippen LogP) is 3.01. The fraction of sp³-hybridized carbons (Fsp3) is 0.643. The van der Waals surface area contributed by atoms with Gasteiger partial charge in [-0.3, -0.25) is 0 Å². The molecule has 100 valence electrons. The first kappa shape index (κ1) is 13.1. The quantitative estimate of drug-likeness (QED) is 0.867. The van der Waals surface area contributed by atoms with Crippen LogP contribution in [0.3, 0.4) is 0 Å².